The van der Waals surface area contributed by atoms with Crippen molar-refractivity contribution in [2.24, 2.45) is 0 Å². The summed E-state index contributed by atoms with van der Waals surface area (Å²) in [6.45, 7) is 10.9. The van der Waals surface area contributed by atoms with Crippen molar-refractivity contribution in [1.29, 1.82) is 0 Å². The van der Waals surface area contributed by atoms with Gasteiger partial charge in [0.25, 0.3) is 0 Å². The van der Waals surface area contributed by atoms with E-state index in [4.69, 9.17) is 4.74 Å². The van der Waals surface area contributed by atoms with Gasteiger partial charge in [-0.1, -0.05) is 13.5 Å². The molecule has 0 aromatic carbocycles. The van der Waals surface area contributed by atoms with Crippen LogP contribution in [0.4, 0.5) is 9.18 Å². The Kier molecular flexibility index (Phi) is 5.25. The Balaban J connectivity index is 2.91. The molecule has 1 rings (SSSR count). The van der Waals surface area contributed by atoms with Gasteiger partial charge in [-0.05, 0) is 45.4 Å². The lowest BCUT2D eigenvalue weighted by atomic mass is 10.1. The Bertz CT molecular complexity index is 495. The predicted molar refractivity (Wildman–Crippen MR) is 76.7 cm³/mol. The molecular formula is C15H21FN2O2. The average Bonchev–Trinajstić information content (AvgIpc) is 2.34. The lowest BCUT2D eigenvalue weighted by molar-refractivity contribution is 0.0846. The Morgan fingerprint density at radius 3 is 2.70 bits per heavy atom. The summed E-state index contributed by atoms with van der Waals surface area (Å²) in [6.07, 6.45) is 0.638. The third-order valence-corrected chi connectivity index (χ3v) is 2.51. The van der Waals surface area contributed by atoms with Gasteiger partial charge in [-0.25, -0.2) is 14.2 Å². The second kappa shape index (κ2) is 6.50. The fourth-order valence-corrected chi connectivity index (χ4v) is 1.61. The molecule has 0 fully saturated rings. The number of nitrogens with zero attached hydrogens (tertiary/aromatic N) is 1. The number of carbonyl (C=O) groups is 1. The zero-order chi connectivity index (χ0) is 15.3. The lowest BCUT2D eigenvalue weighted by Gasteiger charge is -2.23. The van der Waals surface area contributed by atoms with Crippen molar-refractivity contribution < 1.29 is 13.9 Å². The van der Waals surface area contributed by atoms with Crippen LogP contribution in [0, 0.1) is 5.82 Å². The van der Waals surface area contributed by atoms with Crippen LogP contribution in [-0.4, -0.2) is 16.6 Å². The molecule has 1 N–H and O–H groups in total. The molecule has 1 aromatic rings. The third kappa shape index (κ3) is 4.64. The lowest BCUT2D eigenvalue weighted by Crippen LogP contribution is -2.41. The fraction of sp³-hybridized carbons (Fsp3) is 0.467. The van der Waals surface area contributed by atoms with Crippen LogP contribution in [-0.2, 0) is 4.74 Å². The highest BCUT2D eigenvalue weighted by molar-refractivity contribution is 5.68. The predicted octanol–water partition coefficient (Wildman–Crippen LogP) is 3.84. The maximum atomic E-state index is 13.8. The van der Waals surface area contributed by atoms with Crippen LogP contribution in [0.5, 0.6) is 0 Å². The molecule has 0 radical (unpaired) electrons. The molecule has 0 bridgehead atoms. The van der Waals surface area contributed by atoms with Gasteiger partial charge in [-0.2, -0.15) is 0 Å². The summed E-state index contributed by atoms with van der Waals surface area (Å²) >= 11 is 0. The Labute approximate surface area is 119 Å². The van der Waals surface area contributed by atoms with E-state index in [1.807, 2.05) is 20.8 Å². The fourth-order valence-electron chi connectivity index (χ4n) is 1.61. The second-order valence-electron chi connectivity index (χ2n) is 5.48. The number of hydrogen-bond acceptors (Lipinski definition) is 3. The van der Waals surface area contributed by atoms with E-state index in [1.165, 1.54) is 18.2 Å². The minimum atomic E-state index is -0.725. The molecule has 1 aromatic heterocycles. The average molecular weight is 280 g/mol. The van der Waals surface area contributed by atoms with Gasteiger partial charge < -0.3 is 10.1 Å². The largest absolute Gasteiger partial charge is 0.440 e. The van der Waals surface area contributed by atoms with Crippen molar-refractivity contribution in [3.63, 3.8) is 0 Å². The topological polar surface area (TPSA) is 51.2 Å². The number of aromatic nitrogens is 1. The van der Waals surface area contributed by atoms with Gasteiger partial charge in [0.15, 0.2) is 0 Å². The van der Waals surface area contributed by atoms with E-state index >= 15 is 0 Å². The molecule has 0 spiro atoms. The maximum Gasteiger partial charge on any atom is 0.408 e. The number of pyridine rings is 1. The van der Waals surface area contributed by atoms with Crippen LogP contribution < -0.4 is 5.32 Å². The van der Waals surface area contributed by atoms with Gasteiger partial charge >= 0.3 is 6.09 Å². The molecule has 0 aliphatic rings. The number of halogens is 1. The molecular weight excluding hydrogens is 259 g/mol. The van der Waals surface area contributed by atoms with E-state index in [2.05, 4.69) is 16.9 Å². The molecule has 0 aliphatic heterocycles. The highest BCUT2D eigenvalue weighted by atomic mass is 19.1. The number of alkyl carbamates (subject to hydrolysis) is 1. The Morgan fingerprint density at radius 1 is 1.55 bits per heavy atom. The van der Waals surface area contributed by atoms with Crippen molar-refractivity contribution in [3.05, 3.63) is 35.9 Å². The second-order valence-corrected chi connectivity index (χ2v) is 5.48. The number of hydrogen-bond donors (Lipinski definition) is 1. The van der Waals surface area contributed by atoms with Crippen LogP contribution in [0.2, 0.25) is 0 Å². The van der Waals surface area contributed by atoms with E-state index in [9.17, 15) is 9.18 Å². The Hall–Kier alpha value is -1.91. The summed E-state index contributed by atoms with van der Waals surface area (Å²) in [7, 11) is 0. The van der Waals surface area contributed by atoms with Gasteiger partial charge in [0.2, 0.25) is 0 Å². The van der Waals surface area contributed by atoms with Crippen LogP contribution in [0.15, 0.2) is 18.7 Å². The van der Waals surface area contributed by atoms with Crippen LogP contribution in [0.1, 0.15) is 51.6 Å². The van der Waals surface area contributed by atoms with Crippen LogP contribution >= 0.6 is 0 Å². The minimum Gasteiger partial charge on any atom is -0.440 e. The van der Waals surface area contributed by atoms with Crippen molar-refractivity contribution in [3.8, 4) is 0 Å². The normalized spacial score (nSPS) is 12.7. The Morgan fingerprint density at radius 2 is 2.20 bits per heavy atom. The van der Waals surface area contributed by atoms with Gasteiger partial charge in [0, 0.05) is 5.54 Å². The van der Waals surface area contributed by atoms with E-state index in [-0.39, 0.29) is 5.69 Å². The maximum absolute atomic E-state index is 13.8. The summed E-state index contributed by atoms with van der Waals surface area (Å²) in [6, 6.07) is 2.82. The smallest absolute Gasteiger partial charge is 0.408 e. The quantitative estimate of drug-likeness (QED) is 0.911. The number of carbonyl (C=O) groups excluding carboxylic acids is 1. The molecule has 1 heterocycles. The first-order valence-electron chi connectivity index (χ1n) is 6.54. The monoisotopic (exact) mass is 280 g/mol. The molecule has 110 valence electrons. The number of amides is 1. The van der Waals surface area contributed by atoms with E-state index < -0.39 is 23.6 Å². The molecule has 0 aliphatic carbocycles. The molecule has 4 nitrogen and oxygen atoms in total. The number of nitrogens with one attached hydrogen (secondary N) is 1. The first-order valence-corrected chi connectivity index (χ1v) is 6.54. The summed E-state index contributed by atoms with van der Waals surface area (Å²) in [5.41, 5.74) is 0.248. The SMILES string of the molecule is C=Cc1ccc(F)c(C(CC)OC(=O)NC(C)(C)C)n1. The van der Waals surface area contributed by atoms with Crippen molar-refractivity contribution in [1.82, 2.24) is 10.3 Å². The molecule has 0 saturated carbocycles. The molecule has 20 heavy (non-hydrogen) atoms. The number of ether oxygens (including phenoxy) is 1. The third-order valence-electron chi connectivity index (χ3n) is 2.51. The van der Waals surface area contributed by atoms with Gasteiger partial charge in [-0.15, -0.1) is 0 Å². The first-order chi connectivity index (χ1) is 9.26. The molecule has 1 amide bonds. The minimum absolute atomic E-state index is 0.119. The van der Waals surface area contributed by atoms with Gasteiger partial charge in [0.05, 0.1) is 5.69 Å². The zero-order valence-corrected chi connectivity index (χ0v) is 12.4. The summed E-state index contributed by atoms with van der Waals surface area (Å²) in [5, 5.41) is 2.67. The summed E-state index contributed by atoms with van der Waals surface area (Å²) in [4.78, 5) is 15.9. The van der Waals surface area contributed by atoms with E-state index in [1.54, 1.807) is 6.92 Å². The van der Waals surface area contributed by atoms with Gasteiger partial charge in [0.1, 0.15) is 17.6 Å². The van der Waals surface area contributed by atoms with Crippen molar-refractivity contribution in [2.45, 2.75) is 45.8 Å². The highest BCUT2D eigenvalue weighted by Crippen LogP contribution is 2.23. The summed E-state index contributed by atoms with van der Waals surface area (Å²) in [5.74, 6) is -0.494. The van der Waals surface area contributed by atoms with Gasteiger partial charge in [-0.3, -0.25) is 0 Å². The molecule has 0 saturated heterocycles. The molecule has 5 heteroatoms. The van der Waals surface area contributed by atoms with Crippen molar-refractivity contribution in [2.75, 3.05) is 0 Å². The highest BCUT2D eigenvalue weighted by Gasteiger charge is 2.23. The van der Waals surface area contributed by atoms with Crippen LogP contribution in [0.25, 0.3) is 6.08 Å². The van der Waals surface area contributed by atoms with Crippen LogP contribution in [0.3, 0.4) is 0 Å². The van der Waals surface area contributed by atoms with E-state index in [0.29, 0.717) is 12.1 Å². The molecule has 1 unspecified atom stereocenters. The van der Waals surface area contributed by atoms with E-state index in [0.717, 1.165) is 0 Å². The standard InChI is InChI=1S/C15H21FN2O2/c1-6-10-8-9-11(16)13(17-10)12(7-2)20-14(19)18-15(3,4)5/h6,8-9,12H,1,7H2,2-5H3,(H,18,19). The number of rotatable bonds is 4. The first kappa shape index (κ1) is 16.1. The summed E-state index contributed by atoms with van der Waals surface area (Å²) < 4.78 is 19.1. The molecule has 1 atom stereocenters. The zero-order valence-electron chi connectivity index (χ0n) is 12.4. The van der Waals surface area contributed by atoms with Crippen molar-refractivity contribution >= 4 is 12.2 Å².